The standard InChI is InChI=1S/C25H32FN5O4/c26-14-22(32)31(15-18-10-11-27-23(18)33)30-25(35)20(12-16-6-2-1-3-7-16)29-24(34)21-13-17-8-4-5-9-19(17)28-21/h4-5,8-9,13,16,18,20,28H,1-3,6-7,10-12,14-15H2,(H,27,33)(H,29,34)(H,30,35)/t18-,20-/m0/s1. The summed E-state index contributed by atoms with van der Waals surface area (Å²) in [5, 5.41) is 7.24. The second-order valence-electron chi connectivity index (χ2n) is 9.43. The minimum absolute atomic E-state index is 0.119. The van der Waals surface area contributed by atoms with E-state index in [0.717, 1.165) is 48.0 Å². The lowest BCUT2D eigenvalue weighted by atomic mass is 9.84. The molecule has 0 spiro atoms. The number of carbonyl (C=O) groups is 4. The molecule has 10 heteroatoms. The molecule has 2 atom stereocenters. The van der Waals surface area contributed by atoms with E-state index in [1.165, 1.54) is 0 Å². The van der Waals surface area contributed by atoms with E-state index in [2.05, 4.69) is 21.0 Å². The van der Waals surface area contributed by atoms with E-state index in [1.54, 1.807) is 6.07 Å². The van der Waals surface area contributed by atoms with Crippen molar-refractivity contribution in [1.29, 1.82) is 0 Å². The van der Waals surface area contributed by atoms with Crippen LogP contribution in [0.2, 0.25) is 0 Å². The van der Waals surface area contributed by atoms with E-state index < -0.39 is 36.4 Å². The van der Waals surface area contributed by atoms with Gasteiger partial charge in [0.2, 0.25) is 5.91 Å². The van der Waals surface area contributed by atoms with Gasteiger partial charge in [0.05, 0.1) is 12.5 Å². The summed E-state index contributed by atoms with van der Waals surface area (Å²) in [5.41, 5.74) is 3.62. The normalized spacial score (nSPS) is 19.2. The Morgan fingerprint density at radius 2 is 1.89 bits per heavy atom. The topological polar surface area (TPSA) is 123 Å². The van der Waals surface area contributed by atoms with Crippen LogP contribution in [0.25, 0.3) is 10.9 Å². The molecule has 4 rings (SSSR count). The van der Waals surface area contributed by atoms with Gasteiger partial charge in [-0.05, 0) is 30.9 Å². The van der Waals surface area contributed by atoms with Gasteiger partial charge < -0.3 is 15.6 Å². The van der Waals surface area contributed by atoms with Crippen molar-refractivity contribution in [2.75, 3.05) is 19.8 Å². The zero-order valence-corrected chi connectivity index (χ0v) is 19.6. The summed E-state index contributed by atoms with van der Waals surface area (Å²) in [4.78, 5) is 53.6. The van der Waals surface area contributed by atoms with Crippen molar-refractivity contribution in [3.63, 3.8) is 0 Å². The minimum atomic E-state index is -1.30. The number of hydrogen-bond acceptors (Lipinski definition) is 4. The van der Waals surface area contributed by atoms with E-state index in [9.17, 15) is 23.6 Å². The van der Waals surface area contributed by atoms with Gasteiger partial charge in [-0.1, -0.05) is 50.3 Å². The SMILES string of the molecule is O=C(N[C@@H](CC1CCCCC1)C(=O)NN(C[C@@H]1CCNC1=O)C(=O)CF)c1cc2ccccc2[nH]1. The number of aromatic amines is 1. The molecule has 4 N–H and O–H groups in total. The fraction of sp³-hybridized carbons (Fsp3) is 0.520. The van der Waals surface area contributed by atoms with Crippen LogP contribution < -0.4 is 16.1 Å². The number of benzene rings is 1. The lowest BCUT2D eigenvalue weighted by molar-refractivity contribution is -0.144. The van der Waals surface area contributed by atoms with Gasteiger partial charge in [0, 0.05) is 17.4 Å². The molecule has 0 unspecified atom stereocenters. The van der Waals surface area contributed by atoms with E-state index >= 15 is 0 Å². The quantitative estimate of drug-likeness (QED) is 0.428. The zero-order chi connectivity index (χ0) is 24.8. The van der Waals surface area contributed by atoms with Gasteiger partial charge in [0.1, 0.15) is 11.7 Å². The molecule has 1 aromatic heterocycles. The first-order valence-corrected chi connectivity index (χ1v) is 12.3. The molecule has 4 amide bonds. The van der Waals surface area contributed by atoms with Crippen LogP contribution in [0.5, 0.6) is 0 Å². The largest absolute Gasteiger partial charge is 0.356 e. The predicted molar refractivity (Wildman–Crippen MR) is 128 cm³/mol. The van der Waals surface area contributed by atoms with Crippen LogP contribution in [0.15, 0.2) is 30.3 Å². The van der Waals surface area contributed by atoms with Gasteiger partial charge in [0.25, 0.3) is 17.7 Å². The number of halogens is 1. The number of aromatic nitrogens is 1. The third-order valence-electron chi connectivity index (χ3n) is 6.92. The molecule has 2 heterocycles. The summed E-state index contributed by atoms with van der Waals surface area (Å²) in [6.07, 6.45) is 6.11. The number of carbonyl (C=O) groups excluding carboxylic acids is 4. The van der Waals surface area contributed by atoms with Gasteiger partial charge in [-0.2, -0.15) is 0 Å². The van der Waals surface area contributed by atoms with Crippen molar-refractivity contribution in [3.8, 4) is 0 Å². The summed E-state index contributed by atoms with van der Waals surface area (Å²) in [5.74, 6) is -2.47. The first kappa shape index (κ1) is 24.7. The van der Waals surface area contributed by atoms with Crippen LogP contribution in [-0.4, -0.2) is 59.4 Å². The summed E-state index contributed by atoms with van der Waals surface area (Å²) >= 11 is 0. The predicted octanol–water partition coefficient (Wildman–Crippen LogP) is 2.20. The van der Waals surface area contributed by atoms with Gasteiger partial charge in [-0.25, -0.2) is 4.39 Å². The third kappa shape index (κ3) is 6.17. The molecule has 1 saturated carbocycles. The molecule has 1 aliphatic heterocycles. The van der Waals surface area contributed by atoms with Crippen molar-refractivity contribution in [1.82, 2.24) is 26.1 Å². The maximum atomic E-state index is 13.3. The maximum absolute atomic E-state index is 13.3. The number of hydrogen-bond donors (Lipinski definition) is 4. The summed E-state index contributed by atoms with van der Waals surface area (Å²) in [6, 6.07) is 8.29. The molecule has 1 saturated heterocycles. The minimum Gasteiger partial charge on any atom is -0.356 e. The van der Waals surface area contributed by atoms with Crippen LogP contribution in [0, 0.1) is 11.8 Å². The van der Waals surface area contributed by atoms with Gasteiger partial charge in [-0.3, -0.25) is 29.6 Å². The Kier molecular flexibility index (Phi) is 7.99. The second-order valence-corrected chi connectivity index (χ2v) is 9.43. The highest BCUT2D eigenvalue weighted by Gasteiger charge is 2.32. The Morgan fingerprint density at radius 1 is 1.11 bits per heavy atom. The van der Waals surface area contributed by atoms with Gasteiger partial charge in [0.15, 0.2) is 6.67 Å². The zero-order valence-electron chi connectivity index (χ0n) is 19.6. The first-order valence-electron chi connectivity index (χ1n) is 12.3. The number of rotatable bonds is 8. The lowest BCUT2D eigenvalue weighted by Crippen LogP contribution is -2.56. The number of para-hydroxylation sites is 1. The van der Waals surface area contributed by atoms with Gasteiger partial charge in [-0.15, -0.1) is 0 Å². The molecule has 2 aliphatic rings. The van der Waals surface area contributed by atoms with Crippen LogP contribution in [0.4, 0.5) is 4.39 Å². The van der Waals surface area contributed by atoms with E-state index in [1.807, 2.05) is 24.3 Å². The second kappa shape index (κ2) is 11.3. The number of nitrogens with zero attached hydrogens (tertiary/aromatic N) is 1. The van der Waals surface area contributed by atoms with Crippen molar-refractivity contribution in [2.24, 2.45) is 11.8 Å². The molecule has 0 bridgehead atoms. The third-order valence-corrected chi connectivity index (χ3v) is 6.92. The Bertz CT molecular complexity index is 1050. The summed E-state index contributed by atoms with van der Waals surface area (Å²) in [6.45, 7) is -0.949. The van der Waals surface area contributed by atoms with Crippen LogP contribution in [-0.2, 0) is 14.4 Å². The van der Waals surface area contributed by atoms with Crippen molar-refractivity contribution < 1.29 is 23.6 Å². The van der Waals surface area contributed by atoms with E-state index in [4.69, 9.17) is 0 Å². The maximum Gasteiger partial charge on any atom is 0.272 e. The van der Waals surface area contributed by atoms with Crippen LogP contribution in [0.3, 0.4) is 0 Å². The molecule has 35 heavy (non-hydrogen) atoms. The molecule has 188 valence electrons. The molecule has 2 aromatic rings. The number of hydrazine groups is 1. The fourth-order valence-corrected chi connectivity index (χ4v) is 4.95. The average Bonchev–Trinajstić information content (AvgIpc) is 3.49. The van der Waals surface area contributed by atoms with Crippen LogP contribution >= 0.6 is 0 Å². The summed E-state index contributed by atoms with van der Waals surface area (Å²) < 4.78 is 13.2. The highest BCUT2D eigenvalue weighted by molar-refractivity contribution is 6.00. The molecule has 9 nitrogen and oxygen atoms in total. The number of fused-ring (bicyclic) bond motifs is 1. The van der Waals surface area contributed by atoms with Crippen LogP contribution in [0.1, 0.15) is 55.4 Å². The highest BCUT2D eigenvalue weighted by atomic mass is 19.1. The summed E-state index contributed by atoms with van der Waals surface area (Å²) in [7, 11) is 0. The Morgan fingerprint density at radius 3 is 2.57 bits per heavy atom. The smallest absolute Gasteiger partial charge is 0.272 e. The van der Waals surface area contributed by atoms with E-state index in [-0.39, 0.29) is 18.4 Å². The number of alkyl halides is 1. The Hall–Kier alpha value is -3.43. The fourth-order valence-electron chi connectivity index (χ4n) is 4.95. The highest BCUT2D eigenvalue weighted by Crippen LogP contribution is 2.27. The van der Waals surface area contributed by atoms with Crippen molar-refractivity contribution in [2.45, 2.75) is 51.0 Å². The Labute approximate surface area is 203 Å². The average molecular weight is 486 g/mol. The number of nitrogens with one attached hydrogen (secondary N) is 4. The first-order chi connectivity index (χ1) is 16.9. The van der Waals surface area contributed by atoms with Crippen molar-refractivity contribution >= 4 is 34.5 Å². The number of H-pyrrole nitrogens is 1. The number of amides is 4. The molecule has 1 aliphatic carbocycles. The molecular formula is C25H32FN5O4. The molecule has 0 radical (unpaired) electrons. The Balaban J connectivity index is 1.49. The van der Waals surface area contributed by atoms with Gasteiger partial charge >= 0.3 is 0 Å². The van der Waals surface area contributed by atoms with E-state index in [0.29, 0.717) is 25.1 Å². The molecule has 1 aromatic carbocycles. The molecular weight excluding hydrogens is 453 g/mol. The molecule has 2 fully saturated rings. The lowest BCUT2D eigenvalue weighted by Gasteiger charge is -2.30. The monoisotopic (exact) mass is 485 g/mol. The van der Waals surface area contributed by atoms with Crippen molar-refractivity contribution in [3.05, 3.63) is 36.0 Å².